The summed E-state index contributed by atoms with van der Waals surface area (Å²) < 4.78 is 6.77. The van der Waals surface area contributed by atoms with E-state index in [9.17, 15) is 4.79 Å². The van der Waals surface area contributed by atoms with Gasteiger partial charge >= 0.3 is 5.97 Å². The smallest absolute Gasteiger partial charge is 0.320 e. The van der Waals surface area contributed by atoms with E-state index in [2.05, 4.69) is 84.9 Å². The molecule has 0 amide bonds. The molecule has 4 aromatic carbocycles. The summed E-state index contributed by atoms with van der Waals surface area (Å²) in [6, 6.07) is 41.0. The van der Waals surface area contributed by atoms with Crippen LogP contribution in [0.1, 0.15) is 36.1 Å². The number of benzene rings is 4. The lowest BCUT2D eigenvalue weighted by molar-refractivity contribution is -0.139. The Morgan fingerprint density at radius 2 is 1.06 bits per heavy atom. The van der Waals surface area contributed by atoms with Crippen molar-refractivity contribution < 1.29 is 14.6 Å². The molecule has 0 heterocycles. The molecule has 0 spiro atoms. The van der Waals surface area contributed by atoms with Crippen molar-refractivity contribution in [3.05, 3.63) is 144 Å². The van der Waals surface area contributed by atoms with Crippen LogP contribution in [0.4, 0.5) is 0 Å². The predicted molar refractivity (Wildman–Crippen MR) is 141 cm³/mol. The molecule has 0 aliphatic heterocycles. The van der Waals surface area contributed by atoms with Crippen molar-refractivity contribution in [2.45, 2.75) is 32.1 Å². The molecule has 4 aromatic rings. The zero-order valence-corrected chi connectivity index (χ0v) is 20.2. The van der Waals surface area contributed by atoms with E-state index in [0.717, 1.165) is 22.3 Å². The molecule has 0 aliphatic carbocycles. The predicted octanol–water partition coefficient (Wildman–Crippen LogP) is 6.25. The molecule has 0 radical (unpaired) electrons. The zero-order chi connectivity index (χ0) is 25.1. The molecule has 0 aromatic heterocycles. The number of carboxylic acids is 1. The average Bonchev–Trinajstić information content (AvgIpc) is 2.91. The van der Waals surface area contributed by atoms with Gasteiger partial charge in [0.15, 0.2) is 0 Å². The van der Waals surface area contributed by atoms with Gasteiger partial charge in [0.05, 0.1) is 6.61 Å². The lowest BCUT2D eigenvalue weighted by Gasteiger charge is -2.36. The monoisotopic (exact) mass is 467 g/mol. The minimum Gasteiger partial charge on any atom is -0.480 e. The maximum Gasteiger partial charge on any atom is 0.320 e. The molecule has 0 saturated carbocycles. The van der Waals surface area contributed by atoms with Gasteiger partial charge < -0.3 is 15.6 Å². The summed E-state index contributed by atoms with van der Waals surface area (Å²) in [6.45, 7) is 4.08. The highest BCUT2D eigenvalue weighted by Crippen LogP contribution is 2.41. The molecular weight excluding hydrogens is 434 g/mol. The van der Waals surface area contributed by atoms with Crippen LogP contribution in [0.15, 0.2) is 121 Å². The van der Waals surface area contributed by atoms with Crippen LogP contribution < -0.4 is 5.73 Å². The number of hydrogen-bond donors (Lipinski definition) is 2. The van der Waals surface area contributed by atoms with Crippen LogP contribution in [-0.4, -0.2) is 17.1 Å². The maximum atomic E-state index is 10.0. The molecule has 0 aliphatic rings. The van der Waals surface area contributed by atoms with Crippen molar-refractivity contribution in [2.75, 3.05) is 0 Å². The van der Waals surface area contributed by atoms with Crippen molar-refractivity contribution in [3.8, 4) is 0 Å². The summed E-state index contributed by atoms with van der Waals surface area (Å²) in [5.74, 6) is -0.910. The van der Waals surface area contributed by atoms with Crippen molar-refractivity contribution in [2.24, 2.45) is 11.7 Å². The van der Waals surface area contributed by atoms with Gasteiger partial charge in [0.25, 0.3) is 0 Å². The van der Waals surface area contributed by atoms with Gasteiger partial charge in [-0.2, -0.15) is 0 Å². The highest BCUT2D eigenvalue weighted by Gasteiger charge is 2.37. The first kappa shape index (κ1) is 25.9. The number of ether oxygens (including phenoxy) is 1. The first-order chi connectivity index (χ1) is 16.9. The van der Waals surface area contributed by atoms with E-state index >= 15 is 0 Å². The summed E-state index contributed by atoms with van der Waals surface area (Å²) in [7, 11) is 0. The highest BCUT2D eigenvalue weighted by molar-refractivity contribution is 5.73. The molecule has 180 valence electrons. The normalized spacial score (nSPS) is 11.9. The second-order valence-corrected chi connectivity index (χ2v) is 8.66. The lowest BCUT2D eigenvalue weighted by Crippen LogP contribution is -2.34. The number of nitrogens with two attached hydrogens (primary N) is 1. The molecule has 4 nitrogen and oxygen atoms in total. The van der Waals surface area contributed by atoms with E-state index in [1.54, 1.807) is 13.8 Å². The van der Waals surface area contributed by atoms with Crippen molar-refractivity contribution in [1.29, 1.82) is 0 Å². The van der Waals surface area contributed by atoms with E-state index in [-0.39, 0.29) is 5.92 Å². The Morgan fingerprint density at radius 3 is 1.34 bits per heavy atom. The van der Waals surface area contributed by atoms with Gasteiger partial charge in [-0.1, -0.05) is 135 Å². The Kier molecular flexibility index (Phi) is 9.36. The van der Waals surface area contributed by atoms with Crippen LogP contribution in [0.2, 0.25) is 0 Å². The Morgan fingerprint density at radius 1 is 0.714 bits per heavy atom. The lowest BCUT2D eigenvalue weighted by atomic mass is 9.80. The summed E-state index contributed by atoms with van der Waals surface area (Å²) >= 11 is 0. The standard InChI is InChI=1S/C26H22O.C5H11NO2/c1-5-13-22(14-6-1)21-27-26(23-15-7-2-8-16-23,24-17-9-3-10-18-24)25-19-11-4-12-20-25;1-3(2)4(6)5(7)8/h1-20H,21H2;3-4H,6H2,1-2H3,(H,7,8)/t;4-/m.0/s1. The molecule has 4 heteroatoms. The molecule has 3 N–H and O–H groups in total. The quantitative estimate of drug-likeness (QED) is 0.301. The van der Waals surface area contributed by atoms with Crippen molar-refractivity contribution in [3.63, 3.8) is 0 Å². The van der Waals surface area contributed by atoms with Gasteiger partial charge in [-0.3, -0.25) is 4.79 Å². The van der Waals surface area contributed by atoms with Crippen LogP contribution in [-0.2, 0) is 21.7 Å². The summed E-state index contributed by atoms with van der Waals surface area (Å²) in [5, 5.41) is 8.23. The largest absolute Gasteiger partial charge is 0.480 e. The number of carbonyl (C=O) groups is 1. The van der Waals surface area contributed by atoms with E-state index in [1.165, 1.54) is 0 Å². The van der Waals surface area contributed by atoms with Gasteiger partial charge in [0.1, 0.15) is 11.6 Å². The first-order valence-corrected chi connectivity index (χ1v) is 11.8. The molecular formula is C31H33NO3. The molecule has 1 atom stereocenters. The Balaban J connectivity index is 0.000000371. The molecule has 0 unspecified atom stereocenters. The highest BCUT2D eigenvalue weighted by atomic mass is 16.5. The Bertz CT molecular complexity index is 1050. The number of rotatable bonds is 8. The van der Waals surface area contributed by atoms with E-state index in [0.29, 0.717) is 6.61 Å². The third-order valence-corrected chi connectivity index (χ3v) is 5.84. The second kappa shape index (κ2) is 12.7. The third kappa shape index (κ3) is 6.66. The molecule has 0 saturated heterocycles. The maximum absolute atomic E-state index is 10.0. The summed E-state index contributed by atoms with van der Waals surface area (Å²) in [5.41, 5.74) is 9.02. The number of aliphatic carboxylic acids is 1. The second-order valence-electron chi connectivity index (χ2n) is 8.66. The van der Waals surface area contributed by atoms with Crippen molar-refractivity contribution in [1.82, 2.24) is 0 Å². The third-order valence-electron chi connectivity index (χ3n) is 5.84. The minimum absolute atomic E-state index is 0.0208. The van der Waals surface area contributed by atoms with Crippen LogP contribution in [0, 0.1) is 5.92 Å². The SMILES string of the molecule is CC(C)[C@H](N)C(=O)O.c1ccc(COC(c2ccccc2)(c2ccccc2)c2ccccc2)cc1. The fourth-order valence-corrected chi connectivity index (χ4v) is 3.82. The van der Waals surface area contributed by atoms with Crippen LogP contribution in [0.3, 0.4) is 0 Å². The first-order valence-electron chi connectivity index (χ1n) is 11.8. The minimum atomic E-state index is -0.931. The fraction of sp³-hybridized carbons (Fsp3) is 0.194. The van der Waals surface area contributed by atoms with E-state index < -0.39 is 17.6 Å². The van der Waals surface area contributed by atoms with Gasteiger partial charge in [-0.25, -0.2) is 0 Å². The Labute approximate surface area is 208 Å². The number of carboxylic acid groups (broad SMARTS) is 1. The van der Waals surface area contributed by atoms with Gasteiger partial charge in [-0.15, -0.1) is 0 Å². The molecule has 4 rings (SSSR count). The van der Waals surface area contributed by atoms with Crippen molar-refractivity contribution >= 4 is 5.97 Å². The summed E-state index contributed by atoms with van der Waals surface area (Å²) in [6.07, 6.45) is 0. The van der Waals surface area contributed by atoms with Gasteiger partial charge in [-0.05, 0) is 28.2 Å². The molecule has 0 bridgehead atoms. The average molecular weight is 468 g/mol. The summed E-state index contributed by atoms with van der Waals surface area (Å²) in [4.78, 5) is 10.0. The van der Waals surface area contributed by atoms with E-state index in [1.807, 2.05) is 36.4 Å². The van der Waals surface area contributed by atoms with E-state index in [4.69, 9.17) is 15.6 Å². The molecule has 0 fully saturated rings. The van der Waals surface area contributed by atoms with Gasteiger partial charge in [0, 0.05) is 0 Å². The number of hydrogen-bond acceptors (Lipinski definition) is 3. The Hall–Kier alpha value is -3.73. The van der Waals surface area contributed by atoms with Crippen LogP contribution >= 0.6 is 0 Å². The van der Waals surface area contributed by atoms with Crippen LogP contribution in [0.25, 0.3) is 0 Å². The van der Waals surface area contributed by atoms with Gasteiger partial charge in [0.2, 0.25) is 0 Å². The molecule has 35 heavy (non-hydrogen) atoms. The zero-order valence-electron chi connectivity index (χ0n) is 20.2. The topological polar surface area (TPSA) is 72.6 Å². The van der Waals surface area contributed by atoms with Crippen LogP contribution in [0.5, 0.6) is 0 Å². The fourth-order valence-electron chi connectivity index (χ4n) is 3.82.